The van der Waals surface area contributed by atoms with Gasteiger partial charge in [-0.25, -0.2) is 13.4 Å². The van der Waals surface area contributed by atoms with E-state index in [9.17, 15) is 13.2 Å². The van der Waals surface area contributed by atoms with Crippen LogP contribution in [0.5, 0.6) is 0 Å². The van der Waals surface area contributed by atoms with Gasteiger partial charge in [0.25, 0.3) is 0 Å². The van der Waals surface area contributed by atoms with Gasteiger partial charge in [-0.05, 0) is 20.8 Å². The molecule has 9 heteroatoms. The number of nitrogens with zero attached hydrogens (tertiary/aromatic N) is 3. The van der Waals surface area contributed by atoms with Crippen molar-refractivity contribution in [2.75, 3.05) is 25.4 Å². The lowest BCUT2D eigenvalue weighted by molar-refractivity contribution is -0.123. The molecule has 3 atom stereocenters. The summed E-state index contributed by atoms with van der Waals surface area (Å²) in [5.41, 5.74) is 0. The molecule has 23 heavy (non-hydrogen) atoms. The predicted octanol–water partition coefficient (Wildman–Crippen LogP) is -0.000700. The molecule has 0 bridgehead atoms. The van der Waals surface area contributed by atoms with E-state index in [-0.39, 0.29) is 30.4 Å². The van der Waals surface area contributed by atoms with E-state index in [0.717, 1.165) is 0 Å². The average molecular weight is 344 g/mol. The minimum absolute atomic E-state index is 0.0837. The van der Waals surface area contributed by atoms with Crippen LogP contribution < -0.4 is 5.32 Å². The van der Waals surface area contributed by atoms with Crippen molar-refractivity contribution in [1.82, 2.24) is 19.2 Å². The molecule has 1 aliphatic rings. The van der Waals surface area contributed by atoms with Crippen LogP contribution in [0.2, 0.25) is 0 Å². The lowest BCUT2D eigenvalue weighted by Gasteiger charge is -2.34. The molecule has 3 unspecified atom stereocenters. The summed E-state index contributed by atoms with van der Waals surface area (Å²) in [5.74, 6) is -0.351. The van der Waals surface area contributed by atoms with Crippen molar-refractivity contribution in [3.63, 3.8) is 0 Å². The maximum atomic E-state index is 12.4. The summed E-state index contributed by atoms with van der Waals surface area (Å²) in [6, 6.07) is -0.427. The van der Waals surface area contributed by atoms with E-state index in [1.54, 1.807) is 30.2 Å². The number of aromatic nitrogens is 2. The first kappa shape index (κ1) is 17.9. The van der Waals surface area contributed by atoms with Gasteiger partial charge in [-0.3, -0.25) is 4.79 Å². The fourth-order valence-electron chi connectivity index (χ4n) is 2.57. The van der Waals surface area contributed by atoms with Gasteiger partial charge in [0.1, 0.15) is 6.04 Å². The Bertz CT molecular complexity index is 607. The third kappa shape index (κ3) is 4.76. The molecule has 1 aromatic heterocycles. The first-order valence-corrected chi connectivity index (χ1v) is 9.29. The van der Waals surface area contributed by atoms with Gasteiger partial charge in [-0.2, -0.15) is 4.31 Å². The molecule has 0 radical (unpaired) electrons. The lowest BCUT2D eigenvalue weighted by Crippen LogP contribution is -2.49. The Labute approximate surface area is 136 Å². The molecule has 0 spiro atoms. The molecule has 1 saturated heterocycles. The van der Waals surface area contributed by atoms with Gasteiger partial charge in [-0.15, -0.1) is 0 Å². The predicted molar refractivity (Wildman–Crippen MR) is 85.3 cm³/mol. The molecule has 1 N–H and O–H groups in total. The Morgan fingerprint density at radius 3 is 2.61 bits per heavy atom. The van der Waals surface area contributed by atoms with Crippen LogP contribution in [0.1, 0.15) is 26.8 Å². The quantitative estimate of drug-likeness (QED) is 0.784. The molecule has 130 valence electrons. The highest BCUT2D eigenvalue weighted by Crippen LogP contribution is 2.14. The molecular weight excluding hydrogens is 320 g/mol. The Kier molecular flexibility index (Phi) is 5.77. The van der Waals surface area contributed by atoms with Crippen molar-refractivity contribution in [3.05, 3.63) is 18.7 Å². The summed E-state index contributed by atoms with van der Waals surface area (Å²) >= 11 is 0. The van der Waals surface area contributed by atoms with Crippen LogP contribution in [0.3, 0.4) is 0 Å². The van der Waals surface area contributed by atoms with E-state index in [2.05, 4.69) is 10.3 Å². The molecule has 0 saturated carbocycles. The normalized spacial score (nSPS) is 24.3. The molecule has 1 amide bonds. The zero-order valence-electron chi connectivity index (χ0n) is 13.7. The Morgan fingerprint density at radius 1 is 1.39 bits per heavy atom. The SMILES string of the molecule is CC1CN(S(=O)(=O)CCNC(=O)C(C)n2ccnc2)CC(C)O1. The minimum atomic E-state index is -3.40. The van der Waals surface area contributed by atoms with E-state index >= 15 is 0 Å². The maximum Gasteiger partial charge on any atom is 0.242 e. The second kappa shape index (κ2) is 7.41. The van der Waals surface area contributed by atoms with Crippen LogP contribution >= 0.6 is 0 Å². The Hall–Kier alpha value is -1.45. The van der Waals surface area contributed by atoms with E-state index in [0.29, 0.717) is 13.1 Å². The van der Waals surface area contributed by atoms with E-state index in [1.807, 2.05) is 13.8 Å². The van der Waals surface area contributed by atoms with Crippen LogP contribution in [-0.4, -0.2) is 65.8 Å². The summed E-state index contributed by atoms with van der Waals surface area (Å²) in [4.78, 5) is 15.9. The van der Waals surface area contributed by atoms with Crippen LogP contribution in [0.4, 0.5) is 0 Å². The number of amides is 1. The second-order valence-corrected chi connectivity index (χ2v) is 7.96. The van der Waals surface area contributed by atoms with Crippen molar-refractivity contribution < 1.29 is 17.9 Å². The number of imidazole rings is 1. The van der Waals surface area contributed by atoms with Gasteiger partial charge < -0.3 is 14.6 Å². The number of hydrogen-bond acceptors (Lipinski definition) is 5. The highest BCUT2D eigenvalue weighted by molar-refractivity contribution is 7.89. The fraction of sp³-hybridized carbons (Fsp3) is 0.714. The molecule has 1 fully saturated rings. The highest BCUT2D eigenvalue weighted by Gasteiger charge is 2.30. The second-order valence-electron chi connectivity index (χ2n) is 5.87. The van der Waals surface area contributed by atoms with Crippen molar-refractivity contribution in [3.8, 4) is 0 Å². The molecule has 2 heterocycles. The third-order valence-corrected chi connectivity index (χ3v) is 5.60. The number of sulfonamides is 1. The van der Waals surface area contributed by atoms with Gasteiger partial charge in [0, 0.05) is 32.0 Å². The number of carbonyl (C=O) groups is 1. The smallest absolute Gasteiger partial charge is 0.242 e. The van der Waals surface area contributed by atoms with Crippen molar-refractivity contribution >= 4 is 15.9 Å². The van der Waals surface area contributed by atoms with Gasteiger partial charge in [0.05, 0.1) is 24.3 Å². The summed E-state index contributed by atoms with van der Waals surface area (Å²) in [6.45, 7) is 6.23. The Morgan fingerprint density at radius 2 is 2.04 bits per heavy atom. The van der Waals surface area contributed by atoms with Gasteiger partial charge in [-0.1, -0.05) is 0 Å². The number of rotatable bonds is 6. The topological polar surface area (TPSA) is 93.5 Å². The molecule has 1 aromatic rings. The van der Waals surface area contributed by atoms with Crippen LogP contribution in [0.15, 0.2) is 18.7 Å². The van der Waals surface area contributed by atoms with Crippen LogP contribution in [0, 0.1) is 0 Å². The molecule has 8 nitrogen and oxygen atoms in total. The Balaban J connectivity index is 1.84. The van der Waals surface area contributed by atoms with Crippen molar-refractivity contribution in [1.29, 1.82) is 0 Å². The van der Waals surface area contributed by atoms with Crippen molar-refractivity contribution in [2.45, 2.75) is 39.0 Å². The highest BCUT2D eigenvalue weighted by atomic mass is 32.2. The zero-order valence-corrected chi connectivity index (χ0v) is 14.5. The number of nitrogens with one attached hydrogen (secondary N) is 1. The zero-order chi connectivity index (χ0) is 17.0. The van der Waals surface area contributed by atoms with E-state index in [1.165, 1.54) is 4.31 Å². The number of carbonyl (C=O) groups excluding carboxylic acids is 1. The van der Waals surface area contributed by atoms with Crippen molar-refractivity contribution in [2.24, 2.45) is 0 Å². The summed E-state index contributed by atoms with van der Waals surface area (Å²) in [6.07, 6.45) is 4.60. The van der Waals surface area contributed by atoms with E-state index in [4.69, 9.17) is 4.74 Å². The first-order chi connectivity index (χ1) is 10.8. The average Bonchev–Trinajstić information content (AvgIpc) is 2.99. The van der Waals surface area contributed by atoms with Crippen LogP contribution in [-0.2, 0) is 19.6 Å². The summed E-state index contributed by atoms with van der Waals surface area (Å²) < 4.78 is 33.4. The fourth-order valence-corrected chi connectivity index (χ4v) is 4.06. The van der Waals surface area contributed by atoms with Crippen LogP contribution in [0.25, 0.3) is 0 Å². The monoisotopic (exact) mass is 344 g/mol. The van der Waals surface area contributed by atoms with Gasteiger partial charge in [0.2, 0.25) is 15.9 Å². The minimum Gasteiger partial charge on any atom is -0.373 e. The summed E-state index contributed by atoms with van der Waals surface area (Å²) in [7, 11) is -3.40. The molecule has 2 rings (SSSR count). The standard InChI is InChI=1S/C14H24N4O4S/c1-11-8-18(9-12(2)22-11)23(20,21)7-5-16-14(19)13(3)17-6-4-15-10-17/h4,6,10-13H,5,7-9H2,1-3H3,(H,16,19). The molecule has 0 aliphatic carbocycles. The molecule has 1 aliphatic heterocycles. The number of ether oxygens (including phenoxy) is 1. The summed E-state index contributed by atoms with van der Waals surface area (Å²) in [5, 5.41) is 2.66. The molecular formula is C14H24N4O4S. The third-order valence-electron chi connectivity index (χ3n) is 3.79. The van der Waals surface area contributed by atoms with Gasteiger partial charge in [0.15, 0.2) is 0 Å². The number of morpholine rings is 1. The van der Waals surface area contributed by atoms with Gasteiger partial charge >= 0.3 is 0 Å². The lowest BCUT2D eigenvalue weighted by atomic mass is 10.3. The first-order valence-electron chi connectivity index (χ1n) is 7.68. The maximum absolute atomic E-state index is 12.4. The number of hydrogen-bond donors (Lipinski definition) is 1. The largest absolute Gasteiger partial charge is 0.373 e. The molecule has 0 aromatic carbocycles. The van der Waals surface area contributed by atoms with E-state index < -0.39 is 16.1 Å².